The van der Waals surface area contributed by atoms with Crippen LogP contribution >= 0.6 is 11.6 Å². The molecule has 9 heteroatoms. The lowest BCUT2D eigenvalue weighted by molar-refractivity contribution is -0.385. The number of nitro benzene ring substituents is 1. The molecule has 2 aromatic rings. The zero-order valence-corrected chi connectivity index (χ0v) is 16.9. The number of hydrogen-bond acceptors (Lipinski definition) is 6. The molecule has 0 N–H and O–H groups in total. The summed E-state index contributed by atoms with van der Waals surface area (Å²) in [6.45, 7) is 0.960. The topological polar surface area (TPSA) is 91.1 Å². The second-order valence-electron chi connectivity index (χ2n) is 6.45. The molecular formula is C20H21ClN2O6. The van der Waals surface area contributed by atoms with E-state index in [2.05, 4.69) is 0 Å². The molecule has 0 aliphatic carbocycles. The maximum absolute atomic E-state index is 13.3. The van der Waals surface area contributed by atoms with Crippen LogP contribution in [0.5, 0.6) is 11.5 Å². The lowest BCUT2D eigenvalue weighted by atomic mass is 10.00. The van der Waals surface area contributed by atoms with Gasteiger partial charge in [-0.3, -0.25) is 14.9 Å². The van der Waals surface area contributed by atoms with E-state index in [0.29, 0.717) is 23.9 Å². The van der Waals surface area contributed by atoms with Crippen molar-refractivity contribution in [2.24, 2.45) is 0 Å². The highest BCUT2D eigenvalue weighted by Gasteiger charge is 2.31. The van der Waals surface area contributed by atoms with Crippen LogP contribution in [0.1, 0.15) is 22.3 Å². The Morgan fingerprint density at radius 2 is 2.00 bits per heavy atom. The maximum atomic E-state index is 13.3. The molecule has 1 heterocycles. The minimum absolute atomic E-state index is 0.0614. The normalized spacial score (nSPS) is 13.0. The largest absolute Gasteiger partial charge is 0.493 e. The van der Waals surface area contributed by atoms with Crippen LogP contribution in [0.4, 0.5) is 11.4 Å². The number of carbonyl (C=O) groups excluding carboxylic acids is 1. The molecular weight excluding hydrogens is 400 g/mol. The third-order valence-corrected chi connectivity index (χ3v) is 4.89. The standard InChI is InChI=1S/C20H21ClN2O6/c1-27-8-9-29-19-12-17(23(25)26)15(11-18(19)28-2)20(24)22-7-3-4-13-10-14(21)5-6-16(13)22/h5-6,10-12H,3-4,7-9H2,1-2H3. The lowest BCUT2D eigenvalue weighted by Gasteiger charge is -2.29. The van der Waals surface area contributed by atoms with Gasteiger partial charge in [0.25, 0.3) is 11.6 Å². The molecule has 0 radical (unpaired) electrons. The predicted molar refractivity (Wildman–Crippen MR) is 108 cm³/mol. The number of aryl methyl sites for hydroxylation is 1. The van der Waals surface area contributed by atoms with Gasteiger partial charge in [0.2, 0.25) is 0 Å². The summed E-state index contributed by atoms with van der Waals surface area (Å²) in [5.74, 6) is -0.0521. The zero-order chi connectivity index (χ0) is 21.0. The highest BCUT2D eigenvalue weighted by atomic mass is 35.5. The Hall–Kier alpha value is -2.84. The van der Waals surface area contributed by atoms with Crippen molar-refractivity contribution in [1.82, 2.24) is 0 Å². The molecule has 0 spiro atoms. The summed E-state index contributed by atoms with van der Waals surface area (Å²) in [5.41, 5.74) is 1.24. The summed E-state index contributed by atoms with van der Waals surface area (Å²) in [4.78, 5) is 25.9. The minimum atomic E-state index is -0.595. The Balaban J connectivity index is 2.01. The van der Waals surface area contributed by atoms with Crippen LogP contribution in [0.25, 0.3) is 0 Å². The van der Waals surface area contributed by atoms with Crippen molar-refractivity contribution in [1.29, 1.82) is 0 Å². The molecule has 0 atom stereocenters. The Bertz CT molecular complexity index is 933. The molecule has 29 heavy (non-hydrogen) atoms. The number of amides is 1. The first kappa shape index (κ1) is 20.9. The van der Waals surface area contributed by atoms with E-state index in [-0.39, 0.29) is 29.4 Å². The lowest BCUT2D eigenvalue weighted by Crippen LogP contribution is -2.35. The summed E-state index contributed by atoms with van der Waals surface area (Å²) >= 11 is 6.06. The molecule has 0 bridgehead atoms. The molecule has 2 aromatic carbocycles. The van der Waals surface area contributed by atoms with Gasteiger partial charge in [-0.2, -0.15) is 0 Å². The van der Waals surface area contributed by atoms with Crippen molar-refractivity contribution < 1.29 is 23.9 Å². The molecule has 0 aromatic heterocycles. The van der Waals surface area contributed by atoms with Gasteiger partial charge in [-0.25, -0.2) is 0 Å². The molecule has 1 amide bonds. The van der Waals surface area contributed by atoms with E-state index in [0.717, 1.165) is 18.4 Å². The second kappa shape index (κ2) is 9.11. The molecule has 1 aliphatic rings. The van der Waals surface area contributed by atoms with Crippen molar-refractivity contribution >= 4 is 28.9 Å². The van der Waals surface area contributed by atoms with E-state index in [9.17, 15) is 14.9 Å². The molecule has 1 aliphatic heterocycles. The van der Waals surface area contributed by atoms with Gasteiger partial charge in [-0.1, -0.05) is 11.6 Å². The van der Waals surface area contributed by atoms with E-state index < -0.39 is 10.8 Å². The van der Waals surface area contributed by atoms with Crippen LogP contribution in [-0.4, -0.2) is 44.8 Å². The summed E-state index contributed by atoms with van der Waals surface area (Å²) in [6.07, 6.45) is 1.53. The van der Waals surface area contributed by atoms with Crippen molar-refractivity contribution in [3.8, 4) is 11.5 Å². The Labute approximate surface area is 173 Å². The monoisotopic (exact) mass is 420 g/mol. The van der Waals surface area contributed by atoms with E-state index in [1.807, 2.05) is 6.07 Å². The minimum Gasteiger partial charge on any atom is -0.493 e. The fourth-order valence-corrected chi connectivity index (χ4v) is 3.50. The number of fused-ring (bicyclic) bond motifs is 1. The first-order valence-corrected chi connectivity index (χ1v) is 9.42. The van der Waals surface area contributed by atoms with Gasteiger partial charge in [0.05, 0.1) is 24.7 Å². The van der Waals surface area contributed by atoms with Crippen molar-refractivity contribution in [3.63, 3.8) is 0 Å². The Morgan fingerprint density at radius 1 is 1.21 bits per heavy atom. The SMILES string of the molecule is COCCOc1cc([N+](=O)[O-])c(C(=O)N2CCCc3cc(Cl)ccc32)cc1OC. The Kier molecular flexibility index (Phi) is 6.56. The molecule has 0 saturated carbocycles. The van der Waals surface area contributed by atoms with Crippen LogP contribution in [0.3, 0.4) is 0 Å². The number of halogens is 1. The van der Waals surface area contributed by atoms with Crippen LogP contribution in [-0.2, 0) is 11.2 Å². The van der Waals surface area contributed by atoms with Gasteiger partial charge < -0.3 is 19.1 Å². The van der Waals surface area contributed by atoms with Crippen molar-refractivity contribution in [3.05, 3.63) is 56.6 Å². The van der Waals surface area contributed by atoms with Crippen LogP contribution in [0, 0.1) is 10.1 Å². The molecule has 0 saturated heterocycles. The molecule has 154 valence electrons. The predicted octanol–water partition coefficient (Wildman–Crippen LogP) is 3.88. The number of nitrogens with zero attached hydrogens (tertiary/aromatic N) is 2. The molecule has 0 fully saturated rings. The molecule has 8 nitrogen and oxygen atoms in total. The van der Waals surface area contributed by atoms with Gasteiger partial charge in [0.15, 0.2) is 11.5 Å². The van der Waals surface area contributed by atoms with Crippen LogP contribution in [0.15, 0.2) is 30.3 Å². The van der Waals surface area contributed by atoms with Crippen molar-refractivity contribution in [2.75, 3.05) is 38.9 Å². The van der Waals surface area contributed by atoms with Crippen LogP contribution < -0.4 is 14.4 Å². The smallest absolute Gasteiger partial charge is 0.286 e. The van der Waals surface area contributed by atoms with Gasteiger partial charge in [0, 0.05) is 30.4 Å². The van der Waals surface area contributed by atoms with E-state index in [1.165, 1.54) is 26.4 Å². The number of hydrogen-bond donors (Lipinski definition) is 0. The molecule has 3 rings (SSSR count). The van der Waals surface area contributed by atoms with E-state index in [4.69, 9.17) is 25.8 Å². The van der Waals surface area contributed by atoms with Crippen molar-refractivity contribution in [2.45, 2.75) is 12.8 Å². The van der Waals surface area contributed by atoms with Gasteiger partial charge in [-0.05, 0) is 36.6 Å². The number of carbonyl (C=O) groups is 1. The number of anilines is 1. The van der Waals surface area contributed by atoms with E-state index >= 15 is 0 Å². The third-order valence-electron chi connectivity index (χ3n) is 4.66. The average Bonchev–Trinajstić information content (AvgIpc) is 2.72. The summed E-state index contributed by atoms with van der Waals surface area (Å²) < 4.78 is 15.7. The highest BCUT2D eigenvalue weighted by molar-refractivity contribution is 6.30. The molecule has 0 unspecified atom stereocenters. The third kappa shape index (κ3) is 4.44. The summed E-state index contributed by atoms with van der Waals surface area (Å²) in [7, 11) is 2.94. The first-order chi connectivity index (χ1) is 14.0. The maximum Gasteiger partial charge on any atom is 0.286 e. The average molecular weight is 421 g/mol. The van der Waals surface area contributed by atoms with Gasteiger partial charge >= 0.3 is 0 Å². The van der Waals surface area contributed by atoms with Gasteiger partial charge in [0.1, 0.15) is 12.2 Å². The summed E-state index contributed by atoms with van der Waals surface area (Å²) in [6, 6.07) is 7.85. The summed E-state index contributed by atoms with van der Waals surface area (Å²) in [5, 5.41) is 12.3. The van der Waals surface area contributed by atoms with Crippen LogP contribution in [0.2, 0.25) is 5.02 Å². The highest BCUT2D eigenvalue weighted by Crippen LogP contribution is 2.37. The fourth-order valence-electron chi connectivity index (χ4n) is 3.30. The van der Waals surface area contributed by atoms with Gasteiger partial charge in [-0.15, -0.1) is 0 Å². The number of benzene rings is 2. The second-order valence-corrected chi connectivity index (χ2v) is 6.89. The number of nitro groups is 1. The number of ether oxygens (including phenoxy) is 3. The Morgan fingerprint density at radius 3 is 2.69 bits per heavy atom. The first-order valence-electron chi connectivity index (χ1n) is 9.04. The van der Waals surface area contributed by atoms with E-state index in [1.54, 1.807) is 17.0 Å². The quantitative estimate of drug-likeness (QED) is 0.383. The number of rotatable bonds is 7. The number of methoxy groups -OCH3 is 2. The zero-order valence-electron chi connectivity index (χ0n) is 16.1. The fraction of sp³-hybridized carbons (Fsp3) is 0.350.